The molecular formula is C26H29ClN4O3. The number of hydrogen-bond acceptors (Lipinski definition) is 5. The second-order valence-electron chi connectivity index (χ2n) is 9.09. The normalized spacial score (nSPS) is 15.4. The van der Waals surface area contributed by atoms with Crippen LogP contribution in [0, 0.1) is 5.92 Å². The van der Waals surface area contributed by atoms with Crippen molar-refractivity contribution in [2.24, 2.45) is 11.7 Å². The minimum absolute atomic E-state index is 0.0522. The van der Waals surface area contributed by atoms with Crippen molar-refractivity contribution in [2.45, 2.75) is 64.3 Å². The third kappa shape index (κ3) is 5.20. The Balaban J connectivity index is 1.71. The van der Waals surface area contributed by atoms with Crippen LogP contribution in [0.4, 0.5) is 0 Å². The Hall–Kier alpha value is -3.06. The number of amides is 1. The third-order valence-electron chi connectivity index (χ3n) is 6.76. The average Bonchev–Trinajstić information content (AvgIpc) is 2.84. The van der Waals surface area contributed by atoms with E-state index in [2.05, 4.69) is 9.97 Å². The number of aromatic nitrogens is 3. The number of rotatable bonds is 8. The summed E-state index contributed by atoms with van der Waals surface area (Å²) >= 11 is 6.39. The maximum Gasteiger partial charge on any atom is 0.261 e. The smallest absolute Gasteiger partial charge is 0.261 e. The van der Waals surface area contributed by atoms with Crippen molar-refractivity contribution in [3.8, 4) is 0 Å². The number of fused-ring (bicyclic) bond motifs is 1. The molecule has 0 saturated heterocycles. The van der Waals surface area contributed by atoms with Crippen molar-refractivity contribution < 1.29 is 9.59 Å². The highest BCUT2D eigenvalue weighted by atomic mass is 35.5. The summed E-state index contributed by atoms with van der Waals surface area (Å²) in [4.78, 5) is 47.1. The van der Waals surface area contributed by atoms with Gasteiger partial charge in [0.05, 0.1) is 40.3 Å². The first-order valence-electron chi connectivity index (χ1n) is 11.8. The monoisotopic (exact) mass is 480 g/mol. The molecule has 1 atom stereocenters. The average molecular weight is 481 g/mol. The van der Waals surface area contributed by atoms with Crippen LogP contribution in [0.15, 0.2) is 41.6 Å². The Labute approximate surface area is 203 Å². The first kappa shape index (κ1) is 24.1. The predicted octanol–water partition coefficient (Wildman–Crippen LogP) is 4.43. The van der Waals surface area contributed by atoms with Crippen LogP contribution in [-0.2, 0) is 17.6 Å². The van der Waals surface area contributed by atoms with Gasteiger partial charge in [0.25, 0.3) is 5.56 Å². The number of pyridine rings is 1. The molecule has 1 aromatic carbocycles. The summed E-state index contributed by atoms with van der Waals surface area (Å²) in [5, 5.41) is 0.865. The Morgan fingerprint density at radius 3 is 2.59 bits per heavy atom. The molecule has 0 aliphatic heterocycles. The van der Waals surface area contributed by atoms with Gasteiger partial charge in [0, 0.05) is 11.9 Å². The van der Waals surface area contributed by atoms with Crippen molar-refractivity contribution in [3.05, 3.63) is 69.0 Å². The molecule has 34 heavy (non-hydrogen) atoms. The first-order chi connectivity index (χ1) is 16.4. The standard InChI is InChI=1S/C26H29ClN4O3/c1-2-16-10-20-24(21(27)11-16)30-15-31(26(20)34)22(12-17-6-4-3-5-7-17)23(32)13-19-9-8-18(14-29-19)25(28)33/h8-11,14-15,17,22H,2-7,12-13H2,1H3,(H2,28,33)/t22-/m0/s1. The summed E-state index contributed by atoms with van der Waals surface area (Å²) in [5.41, 5.74) is 7.24. The van der Waals surface area contributed by atoms with E-state index in [4.69, 9.17) is 17.3 Å². The van der Waals surface area contributed by atoms with Gasteiger partial charge in [0.1, 0.15) is 0 Å². The first-order valence-corrected chi connectivity index (χ1v) is 12.2. The van der Waals surface area contributed by atoms with Gasteiger partial charge in [-0.3, -0.25) is 23.9 Å². The number of hydrogen-bond donors (Lipinski definition) is 1. The van der Waals surface area contributed by atoms with Crippen molar-refractivity contribution in [3.63, 3.8) is 0 Å². The molecule has 8 heteroatoms. The Kier molecular flexibility index (Phi) is 7.41. The molecule has 1 aliphatic rings. The third-order valence-corrected chi connectivity index (χ3v) is 7.05. The largest absolute Gasteiger partial charge is 0.366 e. The second kappa shape index (κ2) is 10.5. The summed E-state index contributed by atoms with van der Waals surface area (Å²) < 4.78 is 1.48. The number of nitrogens with zero attached hydrogens (tertiary/aromatic N) is 3. The Bertz CT molecular complexity index is 1260. The zero-order valence-electron chi connectivity index (χ0n) is 19.3. The summed E-state index contributed by atoms with van der Waals surface area (Å²) in [7, 11) is 0. The van der Waals surface area contributed by atoms with Gasteiger partial charge in [-0.2, -0.15) is 0 Å². The van der Waals surface area contributed by atoms with Gasteiger partial charge in [-0.15, -0.1) is 0 Å². The highest BCUT2D eigenvalue weighted by molar-refractivity contribution is 6.35. The van der Waals surface area contributed by atoms with Crippen LogP contribution in [0.5, 0.6) is 0 Å². The summed E-state index contributed by atoms with van der Waals surface area (Å²) in [6, 6.07) is 6.19. The number of benzene rings is 1. The van der Waals surface area contributed by atoms with Crippen LogP contribution in [0.25, 0.3) is 10.9 Å². The maximum absolute atomic E-state index is 13.6. The number of primary amides is 1. The lowest BCUT2D eigenvalue weighted by Crippen LogP contribution is -2.33. The summed E-state index contributed by atoms with van der Waals surface area (Å²) in [6.45, 7) is 2.00. The van der Waals surface area contributed by atoms with Crippen LogP contribution >= 0.6 is 11.6 Å². The number of ketones is 1. The molecule has 2 heterocycles. The predicted molar refractivity (Wildman–Crippen MR) is 132 cm³/mol. The van der Waals surface area contributed by atoms with Crippen LogP contribution in [-0.4, -0.2) is 26.2 Å². The number of aryl methyl sites for hydroxylation is 1. The second-order valence-corrected chi connectivity index (χ2v) is 9.49. The molecule has 0 radical (unpaired) electrons. The molecule has 0 spiro atoms. The fourth-order valence-corrected chi connectivity index (χ4v) is 5.09. The number of carbonyl (C=O) groups is 2. The lowest BCUT2D eigenvalue weighted by Gasteiger charge is -2.27. The van der Waals surface area contributed by atoms with Gasteiger partial charge >= 0.3 is 0 Å². The molecule has 1 amide bonds. The van der Waals surface area contributed by atoms with E-state index in [0.717, 1.165) is 37.7 Å². The van der Waals surface area contributed by atoms with Crippen molar-refractivity contribution in [2.75, 3.05) is 0 Å². The number of nitrogens with two attached hydrogens (primary N) is 1. The van der Waals surface area contributed by atoms with E-state index in [1.54, 1.807) is 12.1 Å². The van der Waals surface area contributed by atoms with Crippen LogP contribution < -0.4 is 11.3 Å². The number of carbonyl (C=O) groups excluding carboxylic acids is 2. The van der Waals surface area contributed by atoms with Gasteiger partial charge in [-0.1, -0.05) is 50.6 Å². The quantitative estimate of drug-likeness (QED) is 0.513. The minimum Gasteiger partial charge on any atom is -0.366 e. The van der Waals surface area contributed by atoms with Gasteiger partial charge in [-0.25, -0.2) is 4.98 Å². The summed E-state index contributed by atoms with van der Waals surface area (Å²) in [5.74, 6) is -0.300. The minimum atomic E-state index is -0.644. The fourth-order valence-electron chi connectivity index (χ4n) is 4.80. The number of Topliss-reactive ketones (excluding diaryl/α,β-unsaturated/α-hetero) is 1. The lowest BCUT2D eigenvalue weighted by molar-refractivity contribution is -0.122. The molecule has 4 rings (SSSR count). The highest BCUT2D eigenvalue weighted by Crippen LogP contribution is 2.32. The molecule has 0 unspecified atom stereocenters. The zero-order chi connectivity index (χ0) is 24.2. The molecule has 1 aliphatic carbocycles. The highest BCUT2D eigenvalue weighted by Gasteiger charge is 2.28. The lowest BCUT2D eigenvalue weighted by atomic mass is 9.83. The topological polar surface area (TPSA) is 108 Å². The Morgan fingerprint density at radius 2 is 1.94 bits per heavy atom. The Morgan fingerprint density at radius 1 is 1.18 bits per heavy atom. The maximum atomic E-state index is 13.6. The van der Waals surface area contributed by atoms with E-state index in [-0.39, 0.29) is 23.3 Å². The van der Waals surface area contributed by atoms with Crippen LogP contribution in [0.3, 0.4) is 0 Å². The van der Waals surface area contributed by atoms with E-state index in [1.807, 2.05) is 19.1 Å². The van der Waals surface area contributed by atoms with E-state index >= 15 is 0 Å². The van der Waals surface area contributed by atoms with Gasteiger partial charge in [0.15, 0.2) is 5.78 Å². The van der Waals surface area contributed by atoms with E-state index in [0.29, 0.717) is 34.0 Å². The zero-order valence-corrected chi connectivity index (χ0v) is 20.1. The van der Waals surface area contributed by atoms with E-state index in [9.17, 15) is 14.4 Å². The molecule has 1 fully saturated rings. The molecule has 7 nitrogen and oxygen atoms in total. The van der Waals surface area contributed by atoms with E-state index < -0.39 is 11.9 Å². The fraction of sp³-hybridized carbons (Fsp3) is 0.423. The van der Waals surface area contributed by atoms with Crippen molar-refractivity contribution in [1.82, 2.24) is 14.5 Å². The van der Waals surface area contributed by atoms with Crippen LogP contribution in [0.2, 0.25) is 5.02 Å². The van der Waals surface area contributed by atoms with Crippen LogP contribution in [0.1, 0.15) is 73.1 Å². The van der Waals surface area contributed by atoms with Gasteiger partial charge in [-0.05, 0) is 48.6 Å². The molecule has 0 bridgehead atoms. The SMILES string of the molecule is CCc1cc(Cl)c2ncn([C@@H](CC3CCCCC3)C(=O)Cc3ccc(C(N)=O)cn3)c(=O)c2c1. The van der Waals surface area contributed by atoms with Crippen molar-refractivity contribution in [1.29, 1.82) is 0 Å². The van der Waals surface area contributed by atoms with Gasteiger partial charge in [0.2, 0.25) is 5.91 Å². The molecule has 3 aromatic rings. The molecular weight excluding hydrogens is 452 g/mol. The molecule has 1 saturated carbocycles. The molecule has 178 valence electrons. The van der Waals surface area contributed by atoms with Crippen molar-refractivity contribution >= 4 is 34.2 Å². The van der Waals surface area contributed by atoms with Gasteiger partial charge < -0.3 is 5.73 Å². The van der Waals surface area contributed by atoms with E-state index in [1.165, 1.54) is 23.5 Å². The summed E-state index contributed by atoms with van der Waals surface area (Å²) in [6.07, 6.45) is 9.81. The molecule has 2 aromatic heterocycles. The number of halogens is 1. The molecule has 2 N–H and O–H groups in total.